The summed E-state index contributed by atoms with van der Waals surface area (Å²) < 4.78 is 0. The van der Waals surface area contributed by atoms with E-state index in [4.69, 9.17) is 0 Å². The predicted octanol–water partition coefficient (Wildman–Crippen LogP) is 2.15. The van der Waals surface area contributed by atoms with Crippen LogP contribution < -0.4 is 10.2 Å². The van der Waals surface area contributed by atoms with Crippen LogP contribution in [0.25, 0.3) is 10.9 Å². The standard InChI is InChI=1S/C15H18N4/c1-17-8-5-9-19(2)15-10-12(11-16)13-6-3-4-7-14(13)18-15/h3-4,6-7,10,17H,5,8-9H2,1-2H3. The predicted molar refractivity (Wildman–Crippen MR) is 78.3 cm³/mol. The van der Waals surface area contributed by atoms with Crippen LogP contribution in [0.2, 0.25) is 0 Å². The van der Waals surface area contributed by atoms with Crippen molar-refractivity contribution in [2.24, 2.45) is 0 Å². The van der Waals surface area contributed by atoms with Gasteiger partial charge < -0.3 is 10.2 Å². The Morgan fingerprint density at radius 1 is 1.37 bits per heavy atom. The van der Waals surface area contributed by atoms with Gasteiger partial charge in [-0.1, -0.05) is 18.2 Å². The molecule has 1 aromatic heterocycles. The highest BCUT2D eigenvalue weighted by Crippen LogP contribution is 2.21. The van der Waals surface area contributed by atoms with Gasteiger partial charge in [0.15, 0.2) is 0 Å². The van der Waals surface area contributed by atoms with Crippen LogP contribution in [0.5, 0.6) is 0 Å². The van der Waals surface area contributed by atoms with Gasteiger partial charge in [0.1, 0.15) is 5.82 Å². The highest BCUT2D eigenvalue weighted by molar-refractivity contribution is 5.86. The Morgan fingerprint density at radius 3 is 2.89 bits per heavy atom. The summed E-state index contributed by atoms with van der Waals surface area (Å²) >= 11 is 0. The molecule has 0 saturated carbocycles. The van der Waals surface area contributed by atoms with E-state index < -0.39 is 0 Å². The normalized spacial score (nSPS) is 10.4. The molecule has 0 fully saturated rings. The van der Waals surface area contributed by atoms with Gasteiger partial charge in [-0.3, -0.25) is 0 Å². The van der Waals surface area contributed by atoms with Crippen LogP contribution in [0, 0.1) is 11.3 Å². The van der Waals surface area contributed by atoms with Crippen molar-refractivity contribution in [2.75, 3.05) is 32.1 Å². The molecule has 0 aliphatic carbocycles. The number of anilines is 1. The molecule has 0 spiro atoms. The van der Waals surface area contributed by atoms with Crippen LogP contribution in [-0.2, 0) is 0 Å². The van der Waals surface area contributed by atoms with E-state index in [1.54, 1.807) is 0 Å². The molecule has 1 heterocycles. The molecule has 2 rings (SSSR count). The number of rotatable bonds is 5. The molecule has 0 aliphatic heterocycles. The van der Waals surface area contributed by atoms with Gasteiger partial charge in [-0.2, -0.15) is 5.26 Å². The molecule has 0 unspecified atom stereocenters. The van der Waals surface area contributed by atoms with Crippen LogP contribution >= 0.6 is 0 Å². The molecule has 0 saturated heterocycles. The van der Waals surface area contributed by atoms with E-state index in [-0.39, 0.29) is 0 Å². The van der Waals surface area contributed by atoms with E-state index in [0.717, 1.165) is 36.2 Å². The summed E-state index contributed by atoms with van der Waals surface area (Å²) in [7, 11) is 3.95. The van der Waals surface area contributed by atoms with Crippen molar-refractivity contribution >= 4 is 16.7 Å². The minimum Gasteiger partial charge on any atom is -0.360 e. The zero-order valence-corrected chi connectivity index (χ0v) is 11.3. The molecule has 1 N–H and O–H groups in total. The first-order valence-corrected chi connectivity index (χ1v) is 6.42. The van der Waals surface area contributed by atoms with Gasteiger partial charge in [0.25, 0.3) is 0 Å². The number of nitrogens with zero attached hydrogens (tertiary/aromatic N) is 3. The summed E-state index contributed by atoms with van der Waals surface area (Å²) in [6, 6.07) is 11.9. The Bertz CT molecular complexity index is 601. The monoisotopic (exact) mass is 254 g/mol. The van der Waals surface area contributed by atoms with Crippen LogP contribution in [0.15, 0.2) is 30.3 Å². The van der Waals surface area contributed by atoms with Crippen LogP contribution in [0.1, 0.15) is 12.0 Å². The number of hydrogen-bond acceptors (Lipinski definition) is 4. The molecule has 0 bridgehead atoms. The van der Waals surface area contributed by atoms with Crippen LogP contribution in [0.4, 0.5) is 5.82 Å². The molecule has 0 amide bonds. The number of pyridine rings is 1. The Kier molecular flexibility index (Phi) is 4.32. The summed E-state index contributed by atoms with van der Waals surface area (Å²) in [5.74, 6) is 0.853. The van der Waals surface area contributed by atoms with E-state index in [2.05, 4.69) is 21.3 Å². The third kappa shape index (κ3) is 3.01. The maximum Gasteiger partial charge on any atom is 0.130 e. The molecule has 0 radical (unpaired) electrons. The Labute approximate surface area is 113 Å². The maximum absolute atomic E-state index is 9.25. The summed E-state index contributed by atoms with van der Waals surface area (Å²) in [6.45, 7) is 1.89. The lowest BCUT2D eigenvalue weighted by molar-refractivity contribution is 0.710. The summed E-state index contributed by atoms with van der Waals surface area (Å²) in [4.78, 5) is 6.70. The number of nitrogens with one attached hydrogen (secondary N) is 1. The number of para-hydroxylation sites is 1. The first-order valence-electron chi connectivity index (χ1n) is 6.42. The van der Waals surface area contributed by atoms with E-state index in [1.165, 1.54) is 0 Å². The van der Waals surface area contributed by atoms with E-state index in [1.807, 2.05) is 44.4 Å². The number of nitriles is 1. The fraction of sp³-hybridized carbons (Fsp3) is 0.333. The lowest BCUT2D eigenvalue weighted by atomic mass is 10.1. The van der Waals surface area contributed by atoms with Crippen molar-refractivity contribution in [2.45, 2.75) is 6.42 Å². The number of benzene rings is 1. The highest BCUT2D eigenvalue weighted by atomic mass is 15.2. The third-order valence-corrected chi connectivity index (χ3v) is 3.13. The van der Waals surface area contributed by atoms with Gasteiger partial charge >= 0.3 is 0 Å². The van der Waals surface area contributed by atoms with Crippen molar-refractivity contribution in [1.29, 1.82) is 5.26 Å². The van der Waals surface area contributed by atoms with Gasteiger partial charge in [-0.25, -0.2) is 4.98 Å². The topological polar surface area (TPSA) is 52.0 Å². The van der Waals surface area contributed by atoms with Crippen LogP contribution in [-0.4, -0.2) is 32.2 Å². The minimum absolute atomic E-state index is 0.682. The SMILES string of the molecule is CNCCCN(C)c1cc(C#N)c2ccccc2n1. The molecular weight excluding hydrogens is 236 g/mol. The van der Waals surface area contributed by atoms with Gasteiger partial charge in [-0.15, -0.1) is 0 Å². The molecule has 0 atom stereocenters. The van der Waals surface area contributed by atoms with Crippen molar-refractivity contribution in [3.8, 4) is 6.07 Å². The molecule has 0 aliphatic rings. The minimum atomic E-state index is 0.682. The largest absolute Gasteiger partial charge is 0.360 e. The molecule has 19 heavy (non-hydrogen) atoms. The van der Waals surface area contributed by atoms with Crippen molar-refractivity contribution in [1.82, 2.24) is 10.3 Å². The quantitative estimate of drug-likeness (QED) is 0.831. The fourth-order valence-electron chi connectivity index (χ4n) is 2.06. The molecule has 1 aromatic carbocycles. The van der Waals surface area contributed by atoms with Gasteiger partial charge in [0, 0.05) is 19.0 Å². The Morgan fingerprint density at radius 2 is 2.16 bits per heavy atom. The zero-order valence-electron chi connectivity index (χ0n) is 11.3. The second kappa shape index (κ2) is 6.17. The first kappa shape index (κ1) is 13.3. The summed E-state index contributed by atoms with van der Waals surface area (Å²) in [5.41, 5.74) is 1.55. The summed E-state index contributed by atoms with van der Waals surface area (Å²) in [6.07, 6.45) is 1.05. The molecule has 4 heteroatoms. The Balaban J connectivity index is 2.31. The van der Waals surface area contributed by atoms with Gasteiger partial charge in [0.05, 0.1) is 17.1 Å². The average Bonchev–Trinajstić information content (AvgIpc) is 2.46. The van der Waals surface area contributed by atoms with Crippen LogP contribution in [0.3, 0.4) is 0 Å². The number of hydrogen-bond donors (Lipinski definition) is 1. The van der Waals surface area contributed by atoms with Crippen molar-refractivity contribution < 1.29 is 0 Å². The van der Waals surface area contributed by atoms with Crippen molar-refractivity contribution in [3.05, 3.63) is 35.9 Å². The van der Waals surface area contributed by atoms with Gasteiger partial charge in [0.2, 0.25) is 0 Å². The highest BCUT2D eigenvalue weighted by Gasteiger charge is 2.08. The number of aromatic nitrogens is 1. The molecular formula is C15H18N4. The smallest absolute Gasteiger partial charge is 0.130 e. The lowest BCUT2D eigenvalue weighted by Gasteiger charge is -2.19. The first-order chi connectivity index (χ1) is 9.26. The molecule has 98 valence electrons. The van der Waals surface area contributed by atoms with Crippen molar-refractivity contribution in [3.63, 3.8) is 0 Å². The van der Waals surface area contributed by atoms with Gasteiger partial charge in [-0.05, 0) is 32.1 Å². The summed E-state index contributed by atoms with van der Waals surface area (Å²) in [5, 5.41) is 13.3. The molecule has 4 nitrogen and oxygen atoms in total. The fourth-order valence-corrected chi connectivity index (χ4v) is 2.06. The second-order valence-electron chi connectivity index (χ2n) is 4.54. The molecule has 2 aromatic rings. The second-order valence-corrected chi connectivity index (χ2v) is 4.54. The third-order valence-electron chi connectivity index (χ3n) is 3.13. The maximum atomic E-state index is 9.25. The number of fused-ring (bicyclic) bond motifs is 1. The zero-order chi connectivity index (χ0) is 13.7. The van der Waals surface area contributed by atoms with E-state index >= 15 is 0 Å². The van der Waals surface area contributed by atoms with E-state index in [9.17, 15) is 5.26 Å². The average molecular weight is 254 g/mol. The lowest BCUT2D eigenvalue weighted by Crippen LogP contribution is -2.23. The Hall–Kier alpha value is -2.12. The van der Waals surface area contributed by atoms with E-state index in [0.29, 0.717) is 5.56 Å².